The van der Waals surface area contributed by atoms with Gasteiger partial charge in [-0.1, -0.05) is 91.0 Å². The van der Waals surface area contributed by atoms with Crippen molar-refractivity contribution in [2.45, 2.75) is 30.8 Å². The van der Waals surface area contributed by atoms with Crippen LogP contribution in [0, 0.1) is 0 Å². The summed E-state index contributed by atoms with van der Waals surface area (Å²) in [5, 5.41) is 3.54. The van der Waals surface area contributed by atoms with E-state index in [9.17, 15) is 9.59 Å². The zero-order valence-corrected chi connectivity index (χ0v) is 18.9. The quantitative estimate of drug-likeness (QED) is 0.539. The molecule has 33 heavy (non-hydrogen) atoms. The Kier molecular flexibility index (Phi) is 7.53. The number of carbonyl (C=O) groups is 2. The average Bonchev–Trinajstić information content (AvgIpc) is 3.30. The molecule has 2 atom stereocenters. The van der Waals surface area contributed by atoms with E-state index in [4.69, 9.17) is 4.74 Å². The molecule has 1 amide bonds. The summed E-state index contributed by atoms with van der Waals surface area (Å²) in [4.78, 5) is 28.2. The summed E-state index contributed by atoms with van der Waals surface area (Å²) in [6, 6.07) is 29.2. The highest BCUT2D eigenvalue weighted by atomic mass is 16.5. The second-order valence-electron chi connectivity index (χ2n) is 8.41. The maximum absolute atomic E-state index is 13.9. The molecule has 1 aliphatic heterocycles. The molecular formula is C28H30N2O3. The highest BCUT2D eigenvalue weighted by molar-refractivity contribution is 5.91. The number of carbonyl (C=O) groups excluding carboxylic acids is 2. The molecule has 5 heteroatoms. The Bertz CT molecular complexity index is 1000. The number of benzene rings is 3. The first kappa shape index (κ1) is 22.7. The van der Waals surface area contributed by atoms with Crippen LogP contribution in [0.3, 0.4) is 0 Å². The fraction of sp³-hybridized carbons (Fsp3) is 0.286. The van der Waals surface area contributed by atoms with Crippen molar-refractivity contribution in [3.63, 3.8) is 0 Å². The predicted molar refractivity (Wildman–Crippen MR) is 129 cm³/mol. The summed E-state index contributed by atoms with van der Waals surface area (Å²) in [6.07, 6.45) is 1.44. The first-order valence-electron chi connectivity index (χ1n) is 11.4. The van der Waals surface area contributed by atoms with Crippen LogP contribution in [0.4, 0.5) is 0 Å². The van der Waals surface area contributed by atoms with E-state index in [0.717, 1.165) is 24.1 Å². The second-order valence-corrected chi connectivity index (χ2v) is 8.41. The minimum absolute atomic E-state index is 0.0361. The molecule has 4 rings (SSSR count). The largest absolute Gasteiger partial charge is 0.467 e. The first-order valence-corrected chi connectivity index (χ1v) is 11.4. The molecule has 0 radical (unpaired) electrons. The fourth-order valence-electron chi connectivity index (χ4n) is 4.59. The van der Waals surface area contributed by atoms with E-state index < -0.39 is 12.0 Å². The summed E-state index contributed by atoms with van der Waals surface area (Å²) in [5.74, 6) is -0.909. The summed E-state index contributed by atoms with van der Waals surface area (Å²) in [6.45, 7) is 1.26. The van der Waals surface area contributed by atoms with Crippen molar-refractivity contribution in [1.29, 1.82) is 0 Å². The lowest BCUT2D eigenvalue weighted by Crippen LogP contribution is -2.44. The number of methoxy groups -OCH3 is 1. The Morgan fingerprint density at radius 1 is 0.909 bits per heavy atom. The van der Waals surface area contributed by atoms with Gasteiger partial charge in [-0.25, -0.2) is 4.79 Å². The Morgan fingerprint density at radius 3 is 2.00 bits per heavy atom. The summed E-state index contributed by atoms with van der Waals surface area (Å²) >= 11 is 0. The normalized spacial score (nSPS) is 17.8. The van der Waals surface area contributed by atoms with Crippen LogP contribution >= 0.6 is 0 Å². The highest BCUT2D eigenvalue weighted by Crippen LogP contribution is 2.31. The van der Waals surface area contributed by atoms with Crippen LogP contribution in [0.1, 0.15) is 29.0 Å². The molecule has 0 bridgehead atoms. The van der Waals surface area contributed by atoms with Gasteiger partial charge in [-0.3, -0.25) is 4.79 Å². The molecule has 3 aromatic rings. The van der Waals surface area contributed by atoms with E-state index >= 15 is 0 Å². The van der Waals surface area contributed by atoms with Crippen LogP contribution < -0.4 is 5.32 Å². The van der Waals surface area contributed by atoms with Crippen molar-refractivity contribution < 1.29 is 14.3 Å². The van der Waals surface area contributed by atoms with Crippen LogP contribution in [-0.2, 0) is 20.7 Å². The molecule has 0 aliphatic carbocycles. The Labute approximate surface area is 195 Å². The van der Waals surface area contributed by atoms with Crippen LogP contribution in [-0.4, -0.2) is 49.1 Å². The van der Waals surface area contributed by atoms with Gasteiger partial charge in [-0.2, -0.15) is 0 Å². The number of rotatable bonds is 8. The zero-order chi connectivity index (χ0) is 23.0. The van der Waals surface area contributed by atoms with Crippen molar-refractivity contribution in [3.8, 4) is 0 Å². The molecular weight excluding hydrogens is 412 g/mol. The van der Waals surface area contributed by atoms with Gasteiger partial charge in [0.15, 0.2) is 0 Å². The van der Waals surface area contributed by atoms with E-state index in [1.54, 1.807) is 4.90 Å². The van der Waals surface area contributed by atoms with Gasteiger partial charge in [0, 0.05) is 12.6 Å². The Morgan fingerprint density at radius 2 is 1.45 bits per heavy atom. The van der Waals surface area contributed by atoms with Crippen LogP contribution in [0.25, 0.3) is 0 Å². The van der Waals surface area contributed by atoms with Gasteiger partial charge in [-0.05, 0) is 36.1 Å². The van der Waals surface area contributed by atoms with Gasteiger partial charge in [0.05, 0.1) is 13.0 Å². The van der Waals surface area contributed by atoms with Crippen molar-refractivity contribution in [2.24, 2.45) is 0 Å². The molecule has 1 saturated heterocycles. The van der Waals surface area contributed by atoms with E-state index in [0.29, 0.717) is 13.0 Å². The molecule has 1 N–H and O–H groups in total. The van der Waals surface area contributed by atoms with Crippen molar-refractivity contribution in [1.82, 2.24) is 10.2 Å². The lowest BCUT2D eigenvalue weighted by Gasteiger charge is -2.28. The molecule has 0 unspecified atom stereocenters. The minimum Gasteiger partial charge on any atom is -0.467 e. The molecule has 0 spiro atoms. The van der Waals surface area contributed by atoms with Crippen LogP contribution in [0.15, 0.2) is 91.0 Å². The summed E-state index contributed by atoms with van der Waals surface area (Å²) in [5.41, 5.74) is 3.09. The summed E-state index contributed by atoms with van der Waals surface area (Å²) in [7, 11) is 1.38. The molecule has 1 fully saturated rings. The van der Waals surface area contributed by atoms with Crippen molar-refractivity contribution in [2.75, 3.05) is 20.2 Å². The third-order valence-electron chi connectivity index (χ3n) is 6.26. The second kappa shape index (κ2) is 10.9. The molecule has 1 heterocycles. The smallest absolute Gasteiger partial charge is 0.328 e. The van der Waals surface area contributed by atoms with E-state index in [2.05, 4.69) is 17.4 Å². The van der Waals surface area contributed by atoms with Gasteiger partial charge < -0.3 is 15.0 Å². The van der Waals surface area contributed by atoms with Gasteiger partial charge in [0.2, 0.25) is 5.91 Å². The molecule has 5 nitrogen and oxygen atoms in total. The molecule has 0 saturated carbocycles. The van der Waals surface area contributed by atoms with E-state index in [1.165, 1.54) is 12.7 Å². The first-order chi connectivity index (χ1) is 16.2. The van der Waals surface area contributed by atoms with Crippen LogP contribution in [0.5, 0.6) is 0 Å². The molecule has 1 aliphatic rings. The SMILES string of the molecule is COC(=O)[C@@H]1C[C@H](NCCc2ccccc2)CN1C(=O)C(c1ccccc1)c1ccccc1. The third kappa shape index (κ3) is 5.49. The third-order valence-corrected chi connectivity index (χ3v) is 6.26. The highest BCUT2D eigenvalue weighted by Gasteiger charge is 2.42. The fourth-order valence-corrected chi connectivity index (χ4v) is 4.59. The maximum atomic E-state index is 13.9. The Balaban J connectivity index is 1.53. The molecule has 3 aromatic carbocycles. The number of hydrogen-bond acceptors (Lipinski definition) is 4. The topological polar surface area (TPSA) is 58.6 Å². The van der Waals surface area contributed by atoms with Crippen LogP contribution in [0.2, 0.25) is 0 Å². The van der Waals surface area contributed by atoms with Gasteiger partial charge in [0.1, 0.15) is 6.04 Å². The molecule has 170 valence electrons. The number of likely N-dealkylation sites (tertiary alicyclic amines) is 1. The maximum Gasteiger partial charge on any atom is 0.328 e. The average molecular weight is 443 g/mol. The van der Waals surface area contributed by atoms with Gasteiger partial charge in [0.25, 0.3) is 0 Å². The predicted octanol–water partition coefficient (Wildman–Crippen LogP) is 3.79. The van der Waals surface area contributed by atoms with Gasteiger partial charge >= 0.3 is 5.97 Å². The number of nitrogens with zero attached hydrogens (tertiary/aromatic N) is 1. The lowest BCUT2D eigenvalue weighted by molar-refractivity contribution is -0.151. The lowest BCUT2D eigenvalue weighted by atomic mass is 9.90. The summed E-state index contributed by atoms with van der Waals surface area (Å²) < 4.78 is 5.07. The molecule has 0 aromatic heterocycles. The van der Waals surface area contributed by atoms with Gasteiger partial charge in [-0.15, -0.1) is 0 Å². The number of hydrogen-bond donors (Lipinski definition) is 1. The number of ether oxygens (including phenoxy) is 1. The standard InChI is InChI=1S/C28H30N2O3/c1-33-28(32)25-19-24(29-18-17-21-11-5-2-6-12-21)20-30(25)27(31)26(22-13-7-3-8-14-22)23-15-9-4-10-16-23/h2-16,24-26,29H,17-20H2,1H3/t24-,25-/m0/s1. The van der Waals surface area contributed by atoms with E-state index in [1.807, 2.05) is 78.9 Å². The number of esters is 1. The minimum atomic E-state index is -0.591. The van der Waals surface area contributed by atoms with Crippen molar-refractivity contribution >= 4 is 11.9 Å². The Hall–Kier alpha value is -3.44. The number of amides is 1. The monoisotopic (exact) mass is 442 g/mol. The van der Waals surface area contributed by atoms with Crippen molar-refractivity contribution in [3.05, 3.63) is 108 Å². The number of nitrogens with one attached hydrogen (secondary N) is 1. The zero-order valence-electron chi connectivity index (χ0n) is 18.9. The van der Waals surface area contributed by atoms with E-state index in [-0.39, 0.29) is 17.9 Å².